The first kappa shape index (κ1) is 20.7. The molecule has 150 valence electrons. The molecule has 0 aliphatic heterocycles. The highest BCUT2D eigenvalue weighted by atomic mass is 32.1. The van der Waals surface area contributed by atoms with E-state index in [4.69, 9.17) is 0 Å². The van der Waals surface area contributed by atoms with E-state index in [1.54, 1.807) is 11.3 Å². The van der Waals surface area contributed by atoms with Gasteiger partial charge in [0, 0.05) is 17.4 Å². The second-order valence-corrected chi connectivity index (χ2v) is 8.10. The summed E-state index contributed by atoms with van der Waals surface area (Å²) in [4.78, 5) is 25.2. The lowest BCUT2D eigenvalue weighted by Gasteiger charge is -2.19. The standard InChI is InChI=1S/C23H23FN2O2S/c1-14(2)16-6-8-17(9-7-16)22(21-5-4-12-29-21)26-23(28)18-10-11-19(24)20(13-18)25-15(3)27/h4-14,22H,1-3H3,(H,25,27)(H,26,28). The zero-order valence-electron chi connectivity index (χ0n) is 16.5. The van der Waals surface area contributed by atoms with E-state index in [2.05, 4.69) is 36.6 Å². The fraction of sp³-hybridized carbons (Fsp3) is 0.217. The van der Waals surface area contributed by atoms with Gasteiger partial charge in [-0.15, -0.1) is 11.3 Å². The van der Waals surface area contributed by atoms with E-state index in [1.165, 1.54) is 30.7 Å². The molecule has 4 nitrogen and oxygen atoms in total. The Kier molecular flexibility index (Phi) is 6.44. The van der Waals surface area contributed by atoms with Gasteiger partial charge in [0.15, 0.2) is 0 Å². The average Bonchev–Trinajstić information content (AvgIpc) is 3.22. The number of hydrogen-bond acceptors (Lipinski definition) is 3. The summed E-state index contributed by atoms with van der Waals surface area (Å²) in [6.45, 7) is 5.56. The Morgan fingerprint density at radius 2 is 1.69 bits per heavy atom. The van der Waals surface area contributed by atoms with Crippen molar-refractivity contribution in [3.63, 3.8) is 0 Å². The third-order valence-corrected chi connectivity index (χ3v) is 5.52. The quantitative estimate of drug-likeness (QED) is 0.565. The van der Waals surface area contributed by atoms with Gasteiger partial charge in [-0.25, -0.2) is 4.39 Å². The number of hydrogen-bond donors (Lipinski definition) is 2. The molecule has 2 N–H and O–H groups in total. The number of carbonyl (C=O) groups is 2. The van der Waals surface area contributed by atoms with Crippen LogP contribution < -0.4 is 10.6 Å². The summed E-state index contributed by atoms with van der Waals surface area (Å²) in [6.07, 6.45) is 0. The number of benzene rings is 2. The topological polar surface area (TPSA) is 58.2 Å². The largest absolute Gasteiger partial charge is 0.340 e. The maximum atomic E-state index is 13.9. The average molecular weight is 411 g/mol. The molecule has 0 spiro atoms. The molecule has 0 saturated heterocycles. The van der Waals surface area contributed by atoms with Gasteiger partial charge >= 0.3 is 0 Å². The highest BCUT2D eigenvalue weighted by molar-refractivity contribution is 7.10. The molecule has 0 aliphatic carbocycles. The molecule has 2 amide bonds. The Bertz CT molecular complexity index is 998. The minimum Gasteiger partial charge on any atom is -0.340 e. The van der Waals surface area contributed by atoms with Crippen molar-refractivity contribution < 1.29 is 14.0 Å². The zero-order valence-corrected chi connectivity index (χ0v) is 17.3. The van der Waals surface area contributed by atoms with E-state index in [0.717, 1.165) is 10.4 Å². The molecule has 1 aromatic heterocycles. The summed E-state index contributed by atoms with van der Waals surface area (Å²) in [7, 11) is 0. The van der Waals surface area contributed by atoms with Crippen LogP contribution in [0.3, 0.4) is 0 Å². The van der Waals surface area contributed by atoms with Crippen molar-refractivity contribution in [1.82, 2.24) is 5.32 Å². The summed E-state index contributed by atoms with van der Waals surface area (Å²) in [5, 5.41) is 7.40. The van der Waals surface area contributed by atoms with Gasteiger partial charge in [0.05, 0.1) is 11.7 Å². The lowest BCUT2D eigenvalue weighted by Crippen LogP contribution is -2.29. The van der Waals surface area contributed by atoms with Crippen molar-refractivity contribution in [2.24, 2.45) is 0 Å². The molecule has 0 fully saturated rings. The van der Waals surface area contributed by atoms with Crippen LogP contribution in [-0.4, -0.2) is 11.8 Å². The Balaban J connectivity index is 1.89. The smallest absolute Gasteiger partial charge is 0.252 e. The number of halogens is 1. The summed E-state index contributed by atoms with van der Waals surface area (Å²) in [5.41, 5.74) is 2.45. The van der Waals surface area contributed by atoms with Crippen LogP contribution >= 0.6 is 11.3 Å². The third-order valence-electron chi connectivity index (χ3n) is 4.58. The fourth-order valence-electron chi connectivity index (χ4n) is 3.01. The molecule has 0 radical (unpaired) electrons. The highest BCUT2D eigenvalue weighted by Crippen LogP contribution is 2.28. The van der Waals surface area contributed by atoms with Crippen molar-refractivity contribution in [1.29, 1.82) is 0 Å². The molecule has 2 aromatic carbocycles. The van der Waals surface area contributed by atoms with Gasteiger partial charge in [-0.3, -0.25) is 9.59 Å². The minimum atomic E-state index is -0.587. The minimum absolute atomic E-state index is 0.0147. The van der Waals surface area contributed by atoms with Crippen molar-refractivity contribution >= 4 is 28.8 Å². The predicted molar refractivity (Wildman–Crippen MR) is 115 cm³/mol. The van der Waals surface area contributed by atoms with E-state index < -0.39 is 11.7 Å². The molecular weight excluding hydrogens is 387 g/mol. The van der Waals surface area contributed by atoms with E-state index in [-0.39, 0.29) is 23.2 Å². The lowest BCUT2D eigenvalue weighted by molar-refractivity contribution is -0.114. The molecule has 3 aromatic rings. The molecule has 1 atom stereocenters. The fourth-order valence-corrected chi connectivity index (χ4v) is 3.82. The van der Waals surface area contributed by atoms with Crippen LogP contribution in [0.5, 0.6) is 0 Å². The number of thiophene rings is 1. The summed E-state index contributed by atoms with van der Waals surface area (Å²) in [5.74, 6) is -0.910. The first-order chi connectivity index (χ1) is 13.8. The van der Waals surface area contributed by atoms with Crippen LogP contribution in [0.4, 0.5) is 10.1 Å². The van der Waals surface area contributed by atoms with Gasteiger partial charge in [0.25, 0.3) is 5.91 Å². The van der Waals surface area contributed by atoms with Gasteiger partial charge in [-0.2, -0.15) is 0 Å². The predicted octanol–water partition coefficient (Wildman–Crippen LogP) is 5.49. The maximum Gasteiger partial charge on any atom is 0.252 e. The van der Waals surface area contributed by atoms with E-state index in [0.29, 0.717) is 5.92 Å². The maximum absolute atomic E-state index is 13.9. The van der Waals surface area contributed by atoms with Crippen LogP contribution in [0.1, 0.15) is 59.1 Å². The zero-order chi connectivity index (χ0) is 21.0. The molecule has 6 heteroatoms. The van der Waals surface area contributed by atoms with Crippen molar-refractivity contribution in [2.75, 3.05) is 5.32 Å². The van der Waals surface area contributed by atoms with Gasteiger partial charge < -0.3 is 10.6 Å². The molecule has 3 rings (SSSR count). The van der Waals surface area contributed by atoms with Crippen LogP contribution in [0.25, 0.3) is 0 Å². The Labute approximate surface area is 173 Å². The lowest BCUT2D eigenvalue weighted by atomic mass is 9.98. The van der Waals surface area contributed by atoms with E-state index >= 15 is 0 Å². The van der Waals surface area contributed by atoms with Crippen LogP contribution in [-0.2, 0) is 4.79 Å². The van der Waals surface area contributed by atoms with Crippen molar-refractivity contribution in [3.05, 3.63) is 87.4 Å². The number of nitrogens with one attached hydrogen (secondary N) is 2. The van der Waals surface area contributed by atoms with Crippen molar-refractivity contribution in [3.8, 4) is 0 Å². The number of carbonyl (C=O) groups excluding carboxylic acids is 2. The second-order valence-electron chi connectivity index (χ2n) is 7.12. The van der Waals surface area contributed by atoms with Crippen LogP contribution in [0, 0.1) is 5.82 Å². The van der Waals surface area contributed by atoms with E-state index in [9.17, 15) is 14.0 Å². The Morgan fingerprint density at radius 1 is 1.00 bits per heavy atom. The molecule has 29 heavy (non-hydrogen) atoms. The molecule has 1 heterocycles. The summed E-state index contributed by atoms with van der Waals surface area (Å²) >= 11 is 1.56. The van der Waals surface area contributed by atoms with Gasteiger partial charge in [-0.1, -0.05) is 44.2 Å². The normalized spacial score (nSPS) is 11.9. The third kappa shape index (κ3) is 5.09. The molecular formula is C23H23FN2O2S. The number of amides is 2. The van der Waals surface area contributed by atoms with Gasteiger partial charge in [0.2, 0.25) is 5.91 Å². The SMILES string of the molecule is CC(=O)Nc1cc(C(=O)NC(c2ccc(C(C)C)cc2)c2cccs2)ccc1F. The van der Waals surface area contributed by atoms with Crippen LogP contribution in [0.15, 0.2) is 60.0 Å². The van der Waals surface area contributed by atoms with E-state index in [1.807, 2.05) is 29.6 Å². The Hall–Kier alpha value is -2.99. The summed E-state index contributed by atoms with van der Waals surface area (Å²) in [6, 6.07) is 15.7. The molecule has 1 unspecified atom stereocenters. The first-order valence-electron chi connectivity index (χ1n) is 9.36. The molecule has 0 aliphatic rings. The first-order valence-corrected chi connectivity index (χ1v) is 10.2. The molecule has 0 saturated carbocycles. The highest BCUT2D eigenvalue weighted by Gasteiger charge is 2.20. The molecule has 0 bridgehead atoms. The monoisotopic (exact) mass is 410 g/mol. The second kappa shape index (κ2) is 9.01. The Morgan fingerprint density at radius 3 is 2.28 bits per heavy atom. The number of rotatable bonds is 6. The van der Waals surface area contributed by atoms with Crippen LogP contribution in [0.2, 0.25) is 0 Å². The van der Waals surface area contributed by atoms with Gasteiger partial charge in [0.1, 0.15) is 5.82 Å². The van der Waals surface area contributed by atoms with Crippen molar-refractivity contribution in [2.45, 2.75) is 32.7 Å². The number of anilines is 1. The summed E-state index contributed by atoms with van der Waals surface area (Å²) < 4.78 is 13.9. The van der Waals surface area contributed by atoms with Gasteiger partial charge in [-0.05, 0) is 46.7 Å².